The molecule has 0 aromatic carbocycles. The lowest BCUT2D eigenvalue weighted by atomic mass is 9.80. The maximum Gasteiger partial charge on any atom is 0.260 e. The van der Waals surface area contributed by atoms with Crippen LogP contribution in [0.15, 0.2) is 0 Å². The van der Waals surface area contributed by atoms with Gasteiger partial charge >= 0.3 is 0 Å². The highest BCUT2D eigenvalue weighted by atomic mass is 16.5. The Bertz CT molecular complexity index is 192. The van der Waals surface area contributed by atoms with Crippen molar-refractivity contribution in [3.8, 4) is 0 Å². The number of rotatable bonds is 5. The van der Waals surface area contributed by atoms with Gasteiger partial charge in [-0.3, -0.25) is 10.0 Å². The van der Waals surface area contributed by atoms with Crippen molar-refractivity contribution in [1.29, 1.82) is 0 Å². The van der Waals surface area contributed by atoms with Crippen LogP contribution in [-0.4, -0.2) is 23.4 Å². The molecule has 1 atom stereocenters. The van der Waals surface area contributed by atoms with Crippen LogP contribution < -0.4 is 11.2 Å². The van der Waals surface area contributed by atoms with Gasteiger partial charge in [-0.25, -0.2) is 5.48 Å². The summed E-state index contributed by atoms with van der Waals surface area (Å²) in [5.74, 6) is -0.629. The van der Waals surface area contributed by atoms with Gasteiger partial charge in [-0.15, -0.1) is 0 Å². The molecule has 0 fully saturated rings. The second-order valence-electron chi connectivity index (χ2n) is 3.65. The van der Waals surface area contributed by atoms with Gasteiger partial charge in [-0.05, 0) is 11.8 Å². The van der Waals surface area contributed by atoms with Gasteiger partial charge in [0, 0.05) is 6.42 Å². The number of hydrogen-bond acceptors (Lipinski definition) is 4. The van der Waals surface area contributed by atoms with E-state index in [9.17, 15) is 9.59 Å². The minimum absolute atomic E-state index is 0.361. The molecule has 76 valence electrons. The van der Waals surface area contributed by atoms with Crippen molar-refractivity contribution in [2.24, 2.45) is 11.1 Å². The fourth-order valence-corrected chi connectivity index (χ4v) is 1.01. The maximum atomic E-state index is 10.9. The molecule has 0 bridgehead atoms. The van der Waals surface area contributed by atoms with Crippen LogP contribution in [0.5, 0.6) is 0 Å². The number of aldehydes is 1. The van der Waals surface area contributed by atoms with Crippen molar-refractivity contribution in [3.63, 3.8) is 0 Å². The molecule has 0 aliphatic rings. The average molecular weight is 188 g/mol. The summed E-state index contributed by atoms with van der Waals surface area (Å²) in [5, 5.41) is 8.34. The van der Waals surface area contributed by atoms with Crippen LogP contribution in [0.3, 0.4) is 0 Å². The quantitative estimate of drug-likeness (QED) is 0.317. The summed E-state index contributed by atoms with van der Waals surface area (Å²) in [7, 11) is 0. The summed E-state index contributed by atoms with van der Waals surface area (Å²) < 4.78 is 0. The highest BCUT2D eigenvalue weighted by Crippen LogP contribution is 2.25. The Labute approximate surface area is 77.3 Å². The van der Waals surface area contributed by atoms with Crippen LogP contribution in [0.2, 0.25) is 0 Å². The van der Waals surface area contributed by atoms with Crippen LogP contribution >= 0.6 is 0 Å². The first kappa shape index (κ1) is 12.1. The van der Waals surface area contributed by atoms with E-state index >= 15 is 0 Å². The van der Waals surface area contributed by atoms with E-state index in [1.165, 1.54) is 5.48 Å². The largest absolute Gasteiger partial charge is 0.319 e. The predicted octanol–water partition coefficient (Wildman–Crippen LogP) is -0.176. The monoisotopic (exact) mass is 188 g/mol. The van der Waals surface area contributed by atoms with Crippen LogP contribution in [0.25, 0.3) is 0 Å². The first-order chi connectivity index (χ1) is 5.95. The normalized spacial score (nSPS) is 13.5. The molecule has 0 aliphatic heterocycles. The summed E-state index contributed by atoms with van der Waals surface area (Å²) in [5.41, 5.74) is 6.56. The van der Waals surface area contributed by atoms with Crippen molar-refractivity contribution >= 4 is 12.2 Å². The molecule has 5 heteroatoms. The predicted molar refractivity (Wildman–Crippen MR) is 47.0 cm³/mol. The molecule has 13 heavy (non-hydrogen) atoms. The van der Waals surface area contributed by atoms with E-state index in [1.807, 2.05) is 0 Å². The minimum Gasteiger partial charge on any atom is -0.319 e. The van der Waals surface area contributed by atoms with Gasteiger partial charge in [0.15, 0.2) is 0 Å². The molecular weight excluding hydrogens is 172 g/mol. The van der Waals surface area contributed by atoms with Gasteiger partial charge < -0.3 is 10.5 Å². The second-order valence-corrected chi connectivity index (χ2v) is 3.65. The van der Waals surface area contributed by atoms with E-state index in [-0.39, 0.29) is 0 Å². The van der Waals surface area contributed by atoms with Crippen LogP contribution in [0.4, 0.5) is 0 Å². The molecule has 1 unspecified atom stereocenters. The third kappa shape index (κ3) is 3.52. The molecule has 1 amide bonds. The lowest BCUT2D eigenvalue weighted by Gasteiger charge is -2.29. The zero-order valence-corrected chi connectivity index (χ0v) is 7.91. The Balaban J connectivity index is 4.25. The molecule has 5 nitrogen and oxygen atoms in total. The third-order valence-electron chi connectivity index (χ3n) is 2.14. The first-order valence-corrected chi connectivity index (χ1v) is 4.09. The van der Waals surface area contributed by atoms with Crippen LogP contribution in [-0.2, 0) is 9.59 Å². The molecule has 0 aliphatic carbocycles. The lowest BCUT2D eigenvalue weighted by molar-refractivity contribution is -0.133. The number of amides is 1. The molecular formula is C8H16N2O3. The van der Waals surface area contributed by atoms with Crippen LogP contribution in [0, 0.1) is 5.41 Å². The molecule has 0 aromatic heterocycles. The maximum absolute atomic E-state index is 10.9. The van der Waals surface area contributed by atoms with E-state index in [2.05, 4.69) is 0 Å². The number of carbonyl (C=O) groups is 2. The van der Waals surface area contributed by atoms with Crippen molar-refractivity contribution < 1.29 is 14.8 Å². The lowest BCUT2D eigenvalue weighted by Crippen LogP contribution is -2.49. The van der Waals surface area contributed by atoms with Gasteiger partial charge in [0.05, 0.1) is 6.04 Å². The molecule has 0 heterocycles. The Morgan fingerprint density at radius 1 is 1.69 bits per heavy atom. The minimum atomic E-state index is -0.808. The Hall–Kier alpha value is -0.940. The van der Waals surface area contributed by atoms with Crippen molar-refractivity contribution in [2.75, 3.05) is 0 Å². The Kier molecular flexibility index (Phi) is 4.58. The van der Waals surface area contributed by atoms with Gasteiger partial charge in [-0.1, -0.05) is 13.8 Å². The SMILES string of the molecule is CC(C)(CCC=O)C(N)C(=O)NO. The van der Waals surface area contributed by atoms with Crippen LogP contribution in [0.1, 0.15) is 26.7 Å². The molecule has 0 radical (unpaired) electrons. The van der Waals surface area contributed by atoms with Crippen molar-refractivity contribution in [2.45, 2.75) is 32.7 Å². The van der Waals surface area contributed by atoms with E-state index < -0.39 is 17.4 Å². The highest BCUT2D eigenvalue weighted by molar-refractivity contribution is 5.81. The zero-order valence-electron chi connectivity index (χ0n) is 7.91. The van der Waals surface area contributed by atoms with Gasteiger partial charge in [-0.2, -0.15) is 0 Å². The molecule has 0 saturated heterocycles. The number of carbonyl (C=O) groups excluding carboxylic acids is 2. The third-order valence-corrected chi connectivity index (χ3v) is 2.14. The topological polar surface area (TPSA) is 92.4 Å². The fraction of sp³-hybridized carbons (Fsp3) is 0.750. The molecule has 0 rings (SSSR count). The fourth-order valence-electron chi connectivity index (χ4n) is 1.01. The first-order valence-electron chi connectivity index (χ1n) is 4.09. The molecule has 0 aromatic rings. The number of nitrogens with one attached hydrogen (secondary N) is 1. The van der Waals surface area contributed by atoms with E-state index in [4.69, 9.17) is 10.9 Å². The highest BCUT2D eigenvalue weighted by Gasteiger charge is 2.31. The number of hydrogen-bond donors (Lipinski definition) is 3. The summed E-state index contributed by atoms with van der Waals surface area (Å²) in [4.78, 5) is 21.1. The Morgan fingerprint density at radius 2 is 2.23 bits per heavy atom. The van der Waals surface area contributed by atoms with E-state index in [1.54, 1.807) is 13.8 Å². The molecule has 0 saturated carbocycles. The summed E-state index contributed by atoms with van der Waals surface area (Å²) >= 11 is 0. The standard InChI is InChI=1S/C8H16N2O3/c1-8(2,4-3-5-11)6(9)7(12)10-13/h5-6,13H,3-4,9H2,1-2H3,(H,10,12). The second kappa shape index (κ2) is 4.94. The van der Waals surface area contributed by atoms with Crippen molar-refractivity contribution in [3.05, 3.63) is 0 Å². The van der Waals surface area contributed by atoms with Gasteiger partial charge in [0.1, 0.15) is 6.29 Å². The summed E-state index contributed by atoms with van der Waals surface area (Å²) in [6.07, 6.45) is 1.66. The Morgan fingerprint density at radius 3 is 2.62 bits per heavy atom. The van der Waals surface area contributed by atoms with Gasteiger partial charge in [0.25, 0.3) is 5.91 Å². The average Bonchev–Trinajstić information content (AvgIpc) is 2.12. The van der Waals surface area contributed by atoms with Gasteiger partial charge in [0.2, 0.25) is 0 Å². The molecule has 4 N–H and O–H groups in total. The number of hydroxylamine groups is 1. The zero-order chi connectivity index (χ0) is 10.5. The van der Waals surface area contributed by atoms with E-state index in [0.717, 1.165) is 6.29 Å². The smallest absolute Gasteiger partial charge is 0.260 e. The number of nitrogens with two attached hydrogens (primary N) is 1. The molecule has 0 spiro atoms. The summed E-state index contributed by atoms with van der Waals surface area (Å²) in [6.45, 7) is 3.55. The van der Waals surface area contributed by atoms with E-state index in [0.29, 0.717) is 12.8 Å². The van der Waals surface area contributed by atoms with Crippen molar-refractivity contribution in [1.82, 2.24) is 5.48 Å². The summed E-state index contributed by atoms with van der Waals surface area (Å²) in [6, 6.07) is -0.808.